The Balaban J connectivity index is 2.16. The molecular formula is C25H32O5. The molecule has 5 nitrogen and oxygen atoms in total. The van der Waals surface area contributed by atoms with E-state index in [2.05, 4.69) is 32.9 Å². The van der Waals surface area contributed by atoms with E-state index in [1.165, 1.54) is 5.57 Å². The average molecular weight is 413 g/mol. The highest BCUT2D eigenvalue weighted by Gasteiger charge is 2.18. The third-order valence-electron chi connectivity index (χ3n) is 4.52. The van der Waals surface area contributed by atoms with E-state index < -0.39 is 5.63 Å². The topological polar surface area (TPSA) is 68.9 Å². The Morgan fingerprint density at radius 2 is 1.90 bits per heavy atom. The van der Waals surface area contributed by atoms with Crippen LogP contribution in [0.25, 0.3) is 11.0 Å². The van der Waals surface area contributed by atoms with Gasteiger partial charge in [-0.1, -0.05) is 42.4 Å². The van der Waals surface area contributed by atoms with Gasteiger partial charge in [-0.25, -0.2) is 4.79 Å². The zero-order valence-electron chi connectivity index (χ0n) is 18.4. The molecule has 0 aliphatic heterocycles. The molecule has 1 aromatic heterocycles. The maximum absolute atomic E-state index is 12.3. The predicted octanol–water partition coefficient (Wildman–Crippen LogP) is 6.31. The number of ether oxygens (including phenoxy) is 2. The van der Waals surface area contributed by atoms with Crippen LogP contribution in [-0.2, 0) is 0 Å². The third kappa shape index (κ3) is 6.83. The van der Waals surface area contributed by atoms with Gasteiger partial charge in [-0.05, 0) is 64.7 Å². The molecule has 1 aromatic carbocycles. The van der Waals surface area contributed by atoms with E-state index >= 15 is 0 Å². The van der Waals surface area contributed by atoms with Gasteiger partial charge in [0.15, 0.2) is 5.75 Å². The van der Waals surface area contributed by atoms with Gasteiger partial charge < -0.3 is 19.0 Å². The Hall–Kier alpha value is -2.95. The molecule has 0 amide bonds. The highest BCUT2D eigenvalue weighted by Crippen LogP contribution is 2.37. The summed E-state index contributed by atoms with van der Waals surface area (Å²) in [5, 5.41) is 11.1. The van der Waals surface area contributed by atoms with Gasteiger partial charge in [0.25, 0.3) is 0 Å². The minimum Gasteiger partial charge on any atom is -0.503 e. The molecule has 1 heterocycles. The lowest BCUT2D eigenvalue weighted by Gasteiger charge is -2.11. The Kier molecular flexibility index (Phi) is 9.26. The van der Waals surface area contributed by atoms with Gasteiger partial charge in [0.05, 0.1) is 6.61 Å². The van der Waals surface area contributed by atoms with Gasteiger partial charge in [0.2, 0.25) is 5.75 Å². The van der Waals surface area contributed by atoms with E-state index in [0.717, 1.165) is 31.3 Å². The zero-order valence-corrected chi connectivity index (χ0v) is 18.4. The monoisotopic (exact) mass is 412 g/mol. The Labute approximate surface area is 178 Å². The van der Waals surface area contributed by atoms with Gasteiger partial charge in [-0.3, -0.25) is 0 Å². The van der Waals surface area contributed by atoms with Crippen LogP contribution in [0.1, 0.15) is 53.4 Å². The molecule has 162 valence electrons. The van der Waals surface area contributed by atoms with Gasteiger partial charge in [0, 0.05) is 0 Å². The first-order valence-corrected chi connectivity index (χ1v) is 10.4. The van der Waals surface area contributed by atoms with Gasteiger partial charge >= 0.3 is 5.63 Å². The number of benzene rings is 1. The normalized spacial score (nSPS) is 11.8. The summed E-state index contributed by atoms with van der Waals surface area (Å²) in [6.07, 6.45) is 11.8. The molecule has 5 heteroatoms. The van der Waals surface area contributed by atoms with E-state index in [1.54, 1.807) is 18.2 Å². The molecule has 0 spiro atoms. The predicted molar refractivity (Wildman–Crippen MR) is 122 cm³/mol. The second-order valence-corrected chi connectivity index (χ2v) is 7.39. The van der Waals surface area contributed by atoms with Crippen LogP contribution in [0.5, 0.6) is 17.2 Å². The first-order chi connectivity index (χ1) is 14.4. The van der Waals surface area contributed by atoms with Crippen LogP contribution in [0.15, 0.2) is 62.9 Å². The highest BCUT2D eigenvalue weighted by molar-refractivity contribution is 5.91. The molecule has 1 N–H and O–H groups in total. The van der Waals surface area contributed by atoms with Crippen molar-refractivity contribution < 1.29 is 19.0 Å². The lowest BCUT2D eigenvalue weighted by molar-refractivity contribution is 0.311. The van der Waals surface area contributed by atoms with E-state index in [1.807, 2.05) is 19.1 Å². The van der Waals surface area contributed by atoms with Gasteiger partial charge in [-0.15, -0.1) is 0 Å². The van der Waals surface area contributed by atoms with Crippen molar-refractivity contribution in [3.63, 3.8) is 0 Å². The molecule has 0 radical (unpaired) electrons. The van der Waals surface area contributed by atoms with Crippen LogP contribution in [0.3, 0.4) is 0 Å². The smallest absolute Gasteiger partial charge is 0.383 e. The SMILES string of the molecule is CCC=CCCOc1cccc2oc(=O)c(OCC=C(C)CCC=C(C)C)c(O)c12. The maximum atomic E-state index is 12.3. The fraction of sp³-hybridized carbons (Fsp3) is 0.400. The van der Waals surface area contributed by atoms with Crippen LogP contribution < -0.4 is 15.1 Å². The van der Waals surface area contributed by atoms with Crippen LogP contribution >= 0.6 is 0 Å². The Morgan fingerprint density at radius 1 is 1.10 bits per heavy atom. The van der Waals surface area contributed by atoms with Crippen LogP contribution in [0.2, 0.25) is 0 Å². The molecule has 30 heavy (non-hydrogen) atoms. The third-order valence-corrected chi connectivity index (χ3v) is 4.52. The van der Waals surface area contributed by atoms with Crippen molar-refractivity contribution in [1.82, 2.24) is 0 Å². The van der Waals surface area contributed by atoms with E-state index in [9.17, 15) is 9.90 Å². The zero-order chi connectivity index (χ0) is 21.9. The number of aromatic hydroxyl groups is 1. The summed E-state index contributed by atoms with van der Waals surface area (Å²) in [5.41, 5.74) is 2.00. The Morgan fingerprint density at radius 3 is 2.63 bits per heavy atom. The molecular weight excluding hydrogens is 380 g/mol. The molecule has 2 aromatic rings. The molecule has 0 saturated carbocycles. The van der Waals surface area contributed by atoms with Crippen LogP contribution in [0, 0.1) is 0 Å². The minimum absolute atomic E-state index is 0.176. The molecule has 0 unspecified atom stereocenters. The number of fused-ring (bicyclic) bond motifs is 1. The molecule has 0 saturated heterocycles. The van der Waals surface area contributed by atoms with Crippen molar-refractivity contribution in [2.45, 2.75) is 53.4 Å². The summed E-state index contributed by atoms with van der Waals surface area (Å²) in [7, 11) is 0. The lowest BCUT2D eigenvalue weighted by atomic mass is 10.1. The van der Waals surface area contributed by atoms with Crippen molar-refractivity contribution in [3.8, 4) is 17.2 Å². The number of rotatable bonds is 11. The van der Waals surface area contributed by atoms with Crippen molar-refractivity contribution in [3.05, 3.63) is 64.1 Å². The molecule has 0 aliphatic rings. The summed E-state index contributed by atoms with van der Waals surface area (Å²) in [4.78, 5) is 12.3. The summed E-state index contributed by atoms with van der Waals surface area (Å²) >= 11 is 0. The van der Waals surface area contributed by atoms with Crippen molar-refractivity contribution in [2.24, 2.45) is 0 Å². The van der Waals surface area contributed by atoms with Crippen molar-refractivity contribution in [2.75, 3.05) is 13.2 Å². The number of hydrogen-bond donors (Lipinski definition) is 1. The fourth-order valence-electron chi connectivity index (χ4n) is 2.91. The van der Waals surface area contributed by atoms with Crippen molar-refractivity contribution >= 4 is 11.0 Å². The average Bonchev–Trinajstić information content (AvgIpc) is 2.69. The van der Waals surface area contributed by atoms with Crippen LogP contribution in [-0.4, -0.2) is 18.3 Å². The quantitative estimate of drug-likeness (QED) is 0.266. The minimum atomic E-state index is -0.710. The highest BCUT2D eigenvalue weighted by atomic mass is 16.5. The molecule has 2 rings (SSSR count). The first-order valence-electron chi connectivity index (χ1n) is 10.4. The van der Waals surface area contributed by atoms with Crippen molar-refractivity contribution in [1.29, 1.82) is 0 Å². The lowest BCUT2D eigenvalue weighted by Crippen LogP contribution is -2.08. The van der Waals surface area contributed by atoms with Gasteiger partial charge in [-0.2, -0.15) is 0 Å². The van der Waals surface area contributed by atoms with Crippen LogP contribution in [0.4, 0.5) is 0 Å². The summed E-state index contributed by atoms with van der Waals surface area (Å²) in [5.74, 6) is 0.00580. The van der Waals surface area contributed by atoms with E-state index in [-0.39, 0.29) is 23.7 Å². The molecule has 0 bridgehead atoms. The first kappa shape index (κ1) is 23.3. The standard InChI is InChI=1S/C25H32O5/c1-5-6-7-8-16-28-20-13-10-14-21-22(20)23(26)24(25(27)30-21)29-17-15-19(4)12-9-11-18(2)3/h6-7,10-11,13-15,26H,5,8-9,12,16-17H2,1-4H3. The second kappa shape index (κ2) is 11.9. The summed E-state index contributed by atoms with van der Waals surface area (Å²) in [6, 6.07) is 5.08. The number of hydrogen-bond acceptors (Lipinski definition) is 5. The number of allylic oxidation sites excluding steroid dienone is 4. The molecule has 0 atom stereocenters. The van der Waals surface area contributed by atoms with Gasteiger partial charge in [0.1, 0.15) is 23.3 Å². The van der Waals surface area contributed by atoms with E-state index in [0.29, 0.717) is 17.7 Å². The summed E-state index contributed by atoms with van der Waals surface area (Å²) < 4.78 is 16.7. The fourth-order valence-corrected chi connectivity index (χ4v) is 2.91. The Bertz CT molecular complexity index is 975. The maximum Gasteiger partial charge on any atom is 0.383 e. The molecule has 0 aliphatic carbocycles. The largest absolute Gasteiger partial charge is 0.503 e. The summed E-state index contributed by atoms with van der Waals surface area (Å²) in [6.45, 7) is 8.87. The second-order valence-electron chi connectivity index (χ2n) is 7.39. The molecule has 0 fully saturated rings. The van der Waals surface area contributed by atoms with E-state index in [4.69, 9.17) is 13.9 Å².